The van der Waals surface area contributed by atoms with Gasteiger partial charge in [-0.1, -0.05) is 28.1 Å². The van der Waals surface area contributed by atoms with E-state index >= 15 is 0 Å². The van der Waals surface area contributed by atoms with Gasteiger partial charge in [-0.25, -0.2) is 4.79 Å². The predicted molar refractivity (Wildman–Crippen MR) is 73.1 cm³/mol. The zero-order valence-electron chi connectivity index (χ0n) is 10.00. The molecule has 0 aliphatic heterocycles. The number of carbonyl (C=O) groups is 1. The van der Waals surface area contributed by atoms with Crippen molar-refractivity contribution < 1.29 is 9.53 Å². The lowest BCUT2D eigenvalue weighted by Gasteiger charge is -2.05. The van der Waals surface area contributed by atoms with Crippen molar-refractivity contribution >= 4 is 27.6 Å². The number of benzene rings is 1. The molecule has 0 amide bonds. The quantitative estimate of drug-likeness (QED) is 0.669. The number of halogens is 1. The van der Waals surface area contributed by atoms with Crippen molar-refractivity contribution in [2.24, 2.45) is 0 Å². The summed E-state index contributed by atoms with van der Waals surface area (Å²) < 4.78 is 5.83. The number of carbonyl (C=O) groups excluding carboxylic acids is 1. The second-order valence-corrected chi connectivity index (χ2v) is 4.35. The van der Waals surface area contributed by atoms with Gasteiger partial charge in [-0.2, -0.15) is 0 Å². The highest BCUT2D eigenvalue weighted by Crippen LogP contribution is 2.20. The summed E-state index contributed by atoms with van der Waals surface area (Å²) in [5, 5.41) is 3.19. The van der Waals surface area contributed by atoms with Crippen molar-refractivity contribution in [1.29, 1.82) is 0 Å². The minimum absolute atomic E-state index is 0.306. The van der Waals surface area contributed by atoms with Gasteiger partial charge in [0.2, 0.25) is 0 Å². The molecule has 1 rings (SSSR count). The number of esters is 1. The Hall–Kier alpha value is -1.29. The largest absolute Gasteiger partial charge is 0.463 e. The lowest BCUT2D eigenvalue weighted by molar-refractivity contribution is -0.137. The first kappa shape index (κ1) is 13.8. The van der Waals surface area contributed by atoms with Crippen LogP contribution in [0.4, 0.5) is 5.69 Å². The summed E-state index contributed by atoms with van der Waals surface area (Å²) in [4.78, 5) is 11.0. The number of rotatable bonds is 5. The number of hydrogen-bond donors (Lipinski definition) is 1. The van der Waals surface area contributed by atoms with Crippen molar-refractivity contribution in [3.8, 4) is 0 Å². The molecule has 0 aliphatic rings. The van der Waals surface area contributed by atoms with Crippen molar-refractivity contribution in [1.82, 2.24) is 0 Å². The van der Waals surface area contributed by atoms with Crippen LogP contribution in [-0.2, 0) is 9.53 Å². The highest BCUT2D eigenvalue weighted by molar-refractivity contribution is 9.10. The van der Waals surface area contributed by atoms with Gasteiger partial charge in [-0.3, -0.25) is 0 Å². The Labute approximate surface area is 110 Å². The first-order valence-corrected chi connectivity index (χ1v) is 6.26. The Morgan fingerprint density at radius 1 is 1.53 bits per heavy atom. The number of nitrogens with one attached hydrogen (secondary N) is 1. The summed E-state index contributed by atoms with van der Waals surface area (Å²) in [7, 11) is 0. The highest BCUT2D eigenvalue weighted by atomic mass is 79.9. The average molecular weight is 298 g/mol. The molecule has 3 nitrogen and oxygen atoms in total. The summed E-state index contributed by atoms with van der Waals surface area (Å²) in [5.74, 6) is -0.306. The van der Waals surface area contributed by atoms with Gasteiger partial charge in [0.25, 0.3) is 0 Å². The van der Waals surface area contributed by atoms with Crippen LogP contribution >= 0.6 is 15.9 Å². The Morgan fingerprint density at radius 3 is 2.94 bits per heavy atom. The fraction of sp³-hybridized carbons (Fsp3) is 0.308. The highest BCUT2D eigenvalue weighted by Gasteiger charge is 1.96. The fourth-order valence-electron chi connectivity index (χ4n) is 1.23. The minimum Gasteiger partial charge on any atom is -0.463 e. The third kappa shape index (κ3) is 5.04. The van der Waals surface area contributed by atoms with Crippen molar-refractivity contribution in [2.75, 3.05) is 18.5 Å². The Morgan fingerprint density at radius 2 is 2.29 bits per heavy atom. The molecular weight excluding hydrogens is 282 g/mol. The molecule has 0 fully saturated rings. The second-order valence-electron chi connectivity index (χ2n) is 3.50. The fourth-order valence-corrected chi connectivity index (χ4v) is 1.60. The normalized spacial score (nSPS) is 10.5. The number of hydrogen-bond acceptors (Lipinski definition) is 3. The third-order valence-electron chi connectivity index (χ3n) is 2.14. The van der Waals surface area contributed by atoms with Gasteiger partial charge in [0.15, 0.2) is 0 Å². The molecule has 0 aliphatic carbocycles. The molecule has 0 aromatic heterocycles. The van der Waals surface area contributed by atoms with Gasteiger partial charge in [0.05, 0.1) is 6.61 Å². The summed E-state index contributed by atoms with van der Waals surface area (Å²) in [6, 6.07) is 6.04. The molecule has 92 valence electrons. The molecule has 4 heteroatoms. The zero-order valence-corrected chi connectivity index (χ0v) is 11.6. The molecule has 1 aromatic carbocycles. The van der Waals surface area contributed by atoms with Crippen LogP contribution in [0.2, 0.25) is 0 Å². The summed E-state index contributed by atoms with van der Waals surface area (Å²) in [6.07, 6.45) is 3.17. The van der Waals surface area contributed by atoms with Gasteiger partial charge in [0, 0.05) is 22.8 Å². The van der Waals surface area contributed by atoms with E-state index in [0.717, 1.165) is 10.2 Å². The second kappa shape index (κ2) is 7.12. The van der Waals surface area contributed by atoms with Crippen LogP contribution in [0.3, 0.4) is 0 Å². The standard InChI is InChI=1S/C13H16BrNO2/c1-3-17-13(16)5-4-8-15-11-7-6-10(2)12(14)9-11/h4-7,9,15H,3,8H2,1-2H3/b5-4+. The molecule has 0 saturated carbocycles. The SMILES string of the molecule is CCOC(=O)/C=C/CNc1ccc(C)c(Br)c1. The van der Waals surface area contributed by atoms with E-state index in [1.165, 1.54) is 11.6 Å². The molecule has 1 N–H and O–H groups in total. The van der Waals surface area contributed by atoms with E-state index in [0.29, 0.717) is 13.2 Å². The average Bonchev–Trinajstić information content (AvgIpc) is 2.29. The van der Waals surface area contributed by atoms with Crippen LogP contribution < -0.4 is 5.32 Å². The van der Waals surface area contributed by atoms with Crippen LogP contribution in [0.1, 0.15) is 12.5 Å². The van der Waals surface area contributed by atoms with E-state index in [-0.39, 0.29) is 5.97 Å². The smallest absolute Gasteiger partial charge is 0.330 e. The molecule has 0 radical (unpaired) electrons. The maximum Gasteiger partial charge on any atom is 0.330 e. The topological polar surface area (TPSA) is 38.3 Å². The van der Waals surface area contributed by atoms with Crippen LogP contribution in [0.25, 0.3) is 0 Å². The summed E-state index contributed by atoms with van der Waals surface area (Å²) in [5.41, 5.74) is 2.20. The first-order valence-electron chi connectivity index (χ1n) is 5.46. The molecule has 17 heavy (non-hydrogen) atoms. The van der Waals surface area contributed by atoms with Gasteiger partial charge in [-0.05, 0) is 31.5 Å². The first-order chi connectivity index (χ1) is 8.13. The monoisotopic (exact) mass is 297 g/mol. The maximum absolute atomic E-state index is 11.0. The van der Waals surface area contributed by atoms with Crippen molar-refractivity contribution in [3.05, 3.63) is 40.4 Å². The van der Waals surface area contributed by atoms with E-state index in [1.807, 2.05) is 25.1 Å². The van der Waals surface area contributed by atoms with E-state index in [9.17, 15) is 4.79 Å². The van der Waals surface area contributed by atoms with Gasteiger partial charge in [-0.15, -0.1) is 0 Å². The Bertz CT molecular complexity index is 416. The predicted octanol–water partition coefficient (Wildman–Crippen LogP) is 3.29. The van der Waals surface area contributed by atoms with Crippen molar-refractivity contribution in [2.45, 2.75) is 13.8 Å². The van der Waals surface area contributed by atoms with Crippen LogP contribution in [0.5, 0.6) is 0 Å². The Balaban J connectivity index is 2.40. The number of ether oxygens (including phenoxy) is 1. The number of aryl methyl sites for hydroxylation is 1. The molecular formula is C13H16BrNO2. The van der Waals surface area contributed by atoms with Gasteiger partial charge >= 0.3 is 5.97 Å². The van der Waals surface area contributed by atoms with E-state index in [4.69, 9.17) is 4.74 Å². The van der Waals surface area contributed by atoms with Crippen molar-refractivity contribution in [3.63, 3.8) is 0 Å². The molecule has 0 bridgehead atoms. The zero-order chi connectivity index (χ0) is 12.7. The lowest BCUT2D eigenvalue weighted by atomic mass is 10.2. The molecule has 0 saturated heterocycles. The summed E-state index contributed by atoms with van der Waals surface area (Å²) in [6.45, 7) is 4.82. The number of anilines is 1. The van der Waals surface area contributed by atoms with Crippen LogP contribution in [0, 0.1) is 6.92 Å². The molecule has 0 heterocycles. The summed E-state index contributed by atoms with van der Waals surface area (Å²) >= 11 is 3.47. The lowest BCUT2D eigenvalue weighted by Crippen LogP contribution is -2.02. The molecule has 0 spiro atoms. The van der Waals surface area contributed by atoms with Crippen LogP contribution in [-0.4, -0.2) is 19.1 Å². The van der Waals surface area contributed by atoms with E-state index < -0.39 is 0 Å². The van der Waals surface area contributed by atoms with Crippen LogP contribution in [0.15, 0.2) is 34.8 Å². The van der Waals surface area contributed by atoms with Gasteiger partial charge < -0.3 is 10.1 Å². The molecule has 0 atom stereocenters. The molecule has 1 aromatic rings. The molecule has 0 unspecified atom stereocenters. The Kier molecular flexibility index (Phi) is 5.77. The maximum atomic E-state index is 11.0. The third-order valence-corrected chi connectivity index (χ3v) is 2.99. The minimum atomic E-state index is -0.306. The van der Waals surface area contributed by atoms with E-state index in [1.54, 1.807) is 13.0 Å². The van der Waals surface area contributed by atoms with E-state index in [2.05, 4.69) is 21.2 Å². The van der Waals surface area contributed by atoms with Gasteiger partial charge in [0.1, 0.15) is 0 Å².